The van der Waals surface area contributed by atoms with E-state index in [0.717, 1.165) is 44.1 Å². The topological polar surface area (TPSA) is 53.5 Å². The van der Waals surface area contributed by atoms with E-state index in [-0.39, 0.29) is 0 Å². The van der Waals surface area contributed by atoms with E-state index >= 15 is 0 Å². The summed E-state index contributed by atoms with van der Waals surface area (Å²) in [6.45, 7) is 6.65. The Bertz CT molecular complexity index is 471. The Hall–Kier alpha value is -1.36. The molecule has 1 unspecified atom stereocenters. The third kappa shape index (κ3) is 8.82. The van der Waals surface area contributed by atoms with E-state index in [9.17, 15) is 4.21 Å². The predicted octanol–water partition coefficient (Wildman–Crippen LogP) is 2.60. The third-order valence-electron chi connectivity index (χ3n) is 3.26. The maximum absolute atomic E-state index is 11.1. The van der Waals surface area contributed by atoms with Crippen LogP contribution in [-0.4, -0.2) is 35.3 Å². The molecule has 0 aromatic heterocycles. The highest BCUT2D eigenvalue weighted by Gasteiger charge is 1.99. The molecule has 1 atom stereocenters. The molecule has 0 aliphatic rings. The van der Waals surface area contributed by atoms with Crippen molar-refractivity contribution in [1.29, 1.82) is 0 Å². The van der Waals surface area contributed by atoms with Crippen molar-refractivity contribution in [2.24, 2.45) is 4.99 Å². The van der Waals surface area contributed by atoms with Crippen LogP contribution < -0.4 is 10.6 Å². The van der Waals surface area contributed by atoms with E-state index in [1.54, 1.807) is 6.26 Å². The van der Waals surface area contributed by atoms with Crippen molar-refractivity contribution in [2.45, 2.75) is 39.7 Å². The van der Waals surface area contributed by atoms with Gasteiger partial charge in [-0.2, -0.15) is 0 Å². The number of rotatable bonds is 9. The summed E-state index contributed by atoms with van der Waals surface area (Å²) < 4.78 is 11.1. The average molecular weight is 324 g/mol. The van der Waals surface area contributed by atoms with Crippen LogP contribution in [-0.2, 0) is 17.3 Å². The number of unbranched alkanes of at least 4 members (excludes halogenated alkanes) is 1. The van der Waals surface area contributed by atoms with Crippen LogP contribution in [0.1, 0.15) is 37.3 Å². The summed E-state index contributed by atoms with van der Waals surface area (Å²) in [5.41, 5.74) is 2.47. The van der Waals surface area contributed by atoms with Gasteiger partial charge in [-0.3, -0.25) is 4.21 Å². The fraction of sp³-hybridized carbons (Fsp3) is 0.588. The van der Waals surface area contributed by atoms with Gasteiger partial charge < -0.3 is 10.6 Å². The van der Waals surface area contributed by atoms with Gasteiger partial charge >= 0.3 is 0 Å². The highest BCUT2D eigenvalue weighted by Crippen LogP contribution is 2.04. The quantitative estimate of drug-likeness (QED) is 0.417. The number of aliphatic imine (C=N–C) groups is 1. The van der Waals surface area contributed by atoms with Crippen molar-refractivity contribution in [3.63, 3.8) is 0 Å². The normalized spacial score (nSPS) is 13.0. The third-order valence-corrected chi connectivity index (χ3v) is 4.13. The second kappa shape index (κ2) is 11.2. The number of aryl methyl sites for hydroxylation is 1. The summed E-state index contributed by atoms with van der Waals surface area (Å²) in [4.78, 5) is 4.63. The van der Waals surface area contributed by atoms with Crippen molar-refractivity contribution in [2.75, 3.05) is 25.1 Å². The first-order chi connectivity index (χ1) is 10.6. The second-order valence-corrected chi connectivity index (χ2v) is 7.04. The first-order valence-corrected chi connectivity index (χ1v) is 9.72. The van der Waals surface area contributed by atoms with Gasteiger partial charge in [0.25, 0.3) is 0 Å². The number of hydrogen-bond donors (Lipinski definition) is 2. The molecule has 1 rings (SSSR count). The largest absolute Gasteiger partial charge is 0.356 e. The van der Waals surface area contributed by atoms with E-state index in [1.165, 1.54) is 11.1 Å². The summed E-state index contributed by atoms with van der Waals surface area (Å²) in [5, 5.41) is 6.67. The first kappa shape index (κ1) is 18.7. The Kier molecular flexibility index (Phi) is 9.55. The summed E-state index contributed by atoms with van der Waals surface area (Å²) in [7, 11) is -0.723. The van der Waals surface area contributed by atoms with Crippen molar-refractivity contribution < 1.29 is 4.21 Å². The molecule has 1 aromatic rings. The molecule has 0 bridgehead atoms. The zero-order chi connectivity index (χ0) is 16.2. The van der Waals surface area contributed by atoms with Crippen LogP contribution in [0.2, 0.25) is 0 Å². The van der Waals surface area contributed by atoms with E-state index in [4.69, 9.17) is 0 Å². The van der Waals surface area contributed by atoms with Gasteiger partial charge in [0.2, 0.25) is 0 Å². The molecule has 0 fully saturated rings. The molecule has 5 heteroatoms. The van der Waals surface area contributed by atoms with Crippen LogP contribution in [0.4, 0.5) is 0 Å². The maximum Gasteiger partial charge on any atom is 0.191 e. The van der Waals surface area contributed by atoms with Gasteiger partial charge in [-0.15, -0.1) is 0 Å². The van der Waals surface area contributed by atoms with Crippen LogP contribution in [0.25, 0.3) is 0 Å². The molecule has 1 aromatic carbocycles. The van der Waals surface area contributed by atoms with E-state index in [1.807, 2.05) is 0 Å². The fourth-order valence-corrected chi connectivity index (χ4v) is 2.45. The Morgan fingerprint density at radius 2 is 1.77 bits per heavy atom. The number of hydrogen-bond acceptors (Lipinski definition) is 2. The Morgan fingerprint density at radius 1 is 1.14 bits per heavy atom. The van der Waals surface area contributed by atoms with E-state index < -0.39 is 10.8 Å². The SMILES string of the molecule is CCCCNC(=NCc1ccc(C)cc1)NCCCS(C)=O. The molecule has 0 amide bonds. The number of nitrogens with zero attached hydrogens (tertiary/aromatic N) is 1. The molecule has 4 nitrogen and oxygen atoms in total. The monoisotopic (exact) mass is 323 g/mol. The fourth-order valence-electron chi connectivity index (χ4n) is 1.90. The lowest BCUT2D eigenvalue weighted by Gasteiger charge is -2.12. The minimum Gasteiger partial charge on any atom is -0.356 e. The van der Waals surface area contributed by atoms with E-state index in [0.29, 0.717) is 6.54 Å². The Balaban J connectivity index is 2.49. The van der Waals surface area contributed by atoms with Crippen LogP contribution in [0.3, 0.4) is 0 Å². The molecule has 0 saturated heterocycles. The zero-order valence-electron chi connectivity index (χ0n) is 14.0. The smallest absolute Gasteiger partial charge is 0.191 e. The maximum atomic E-state index is 11.1. The Labute approximate surface area is 137 Å². The number of benzene rings is 1. The van der Waals surface area contributed by atoms with Crippen LogP contribution in [0.5, 0.6) is 0 Å². The minimum absolute atomic E-state index is 0.668. The molecular formula is C17H29N3OS. The molecule has 2 N–H and O–H groups in total. The standard InChI is InChI=1S/C17H29N3OS/c1-4-5-11-18-17(19-12-6-13-22(3)21)20-14-16-9-7-15(2)8-10-16/h7-10H,4-6,11-14H2,1-3H3,(H2,18,19,20). The van der Waals surface area contributed by atoms with Crippen molar-refractivity contribution in [1.82, 2.24) is 10.6 Å². The summed E-state index contributed by atoms with van der Waals surface area (Å²) in [5.74, 6) is 1.57. The summed E-state index contributed by atoms with van der Waals surface area (Å²) >= 11 is 0. The molecule has 0 spiro atoms. The van der Waals surface area contributed by atoms with Gasteiger partial charge in [0, 0.05) is 35.9 Å². The zero-order valence-corrected chi connectivity index (χ0v) is 14.8. The van der Waals surface area contributed by atoms with Gasteiger partial charge in [0.05, 0.1) is 6.54 Å². The summed E-state index contributed by atoms with van der Waals surface area (Å²) in [6, 6.07) is 8.45. The molecule has 0 aliphatic heterocycles. The first-order valence-electron chi connectivity index (χ1n) is 7.99. The second-order valence-electron chi connectivity index (χ2n) is 5.49. The number of nitrogens with one attached hydrogen (secondary N) is 2. The van der Waals surface area contributed by atoms with Gasteiger partial charge in [-0.1, -0.05) is 43.2 Å². The molecule has 0 saturated carbocycles. The van der Waals surface area contributed by atoms with E-state index in [2.05, 4.69) is 53.7 Å². The molecule has 124 valence electrons. The lowest BCUT2D eigenvalue weighted by Crippen LogP contribution is -2.38. The molecular weight excluding hydrogens is 294 g/mol. The highest BCUT2D eigenvalue weighted by atomic mass is 32.2. The van der Waals surface area contributed by atoms with Gasteiger partial charge in [-0.05, 0) is 25.3 Å². The van der Waals surface area contributed by atoms with Crippen LogP contribution in [0.15, 0.2) is 29.3 Å². The minimum atomic E-state index is -0.723. The predicted molar refractivity (Wildman–Crippen MR) is 96.8 cm³/mol. The van der Waals surface area contributed by atoms with Crippen molar-refractivity contribution in [3.05, 3.63) is 35.4 Å². The van der Waals surface area contributed by atoms with Gasteiger partial charge in [0.15, 0.2) is 5.96 Å². The molecule has 0 heterocycles. The lowest BCUT2D eigenvalue weighted by molar-refractivity contribution is 0.681. The van der Waals surface area contributed by atoms with Crippen molar-refractivity contribution >= 4 is 16.8 Å². The van der Waals surface area contributed by atoms with Gasteiger partial charge in [-0.25, -0.2) is 4.99 Å². The van der Waals surface area contributed by atoms with Crippen LogP contribution >= 0.6 is 0 Å². The highest BCUT2D eigenvalue weighted by molar-refractivity contribution is 7.84. The Morgan fingerprint density at radius 3 is 2.36 bits per heavy atom. The van der Waals surface area contributed by atoms with Crippen LogP contribution in [0, 0.1) is 6.92 Å². The molecule has 22 heavy (non-hydrogen) atoms. The lowest BCUT2D eigenvalue weighted by atomic mass is 10.1. The van der Waals surface area contributed by atoms with Crippen molar-refractivity contribution in [3.8, 4) is 0 Å². The average Bonchev–Trinajstić information content (AvgIpc) is 2.50. The summed E-state index contributed by atoms with van der Waals surface area (Å²) in [6.07, 6.45) is 4.92. The molecule has 0 aliphatic carbocycles. The molecule has 0 radical (unpaired) electrons. The van der Waals surface area contributed by atoms with Gasteiger partial charge in [0.1, 0.15) is 0 Å². The number of guanidine groups is 1.